The van der Waals surface area contributed by atoms with Crippen LogP contribution in [-0.4, -0.2) is 33.9 Å². The molecule has 5 nitrogen and oxygen atoms in total. The second-order valence-electron chi connectivity index (χ2n) is 6.30. The first-order valence-electron chi connectivity index (χ1n) is 8.47. The van der Waals surface area contributed by atoms with E-state index in [1.807, 2.05) is 60.7 Å². The van der Waals surface area contributed by atoms with Crippen LogP contribution in [0.4, 0.5) is 0 Å². The largest absolute Gasteiger partial charge is 0.448 e. The lowest BCUT2D eigenvalue weighted by molar-refractivity contribution is -0.152. The van der Waals surface area contributed by atoms with E-state index in [0.717, 1.165) is 14.7 Å². The SMILES string of the molecule is N[C@@H]1C(=O)N2C(C(=O)OC(c3ccccc3)c3ccccc3)=C(I)CS[C@H]12. The predicted octanol–water partition coefficient (Wildman–Crippen LogP) is 3.21. The van der Waals surface area contributed by atoms with Gasteiger partial charge < -0.3 is 10.5 Å². The average Bonchev–Trinajstić information content (AvgIpc) is 2.72. The van der Waals surface area contributed by atoms with Gasteiger partial charge >= 0.3 is 5.97 Å². The number of benzene rings is 2. The van der Waals surface area contributed by atoms with Crippen molar-refractivity contribution >= 4 is 46.2 Å². The molecule has 0 unspecified atom stereocenters. The number of rotatable bonds is 4. The minimum absolute atomic E-state index is 0.189. The van der Waals surface area contributed by atoms with E-state index >= 15 is 0 Å². The van der Waals surface area contributed by atoms with Crippen molar-refractivity contribution in [2.45, 2.75) is 17.5 Å². The van der Waals surface area contributed by atoms with Crippen LogP contribution < -0.4 is 5.73 Å². The van der Waals surface area contributed by atoms with Gasteiger partial charge in [-0.05, 0) is 33.7 Å². The third-order valence-corrected chi connectivity index (χ3v) is 7.30. The van der Waals surface area contributed by atoms with Gasteiger partial charge in [-0.3, -0.25) is 9.69 Å². The second-order valence-corrected chi connectivity index (χ2v) is 8.70. The van der Waals surface area contributed by atoms with Crippen LogP contribution in [0.25, 0.3) is 0 Å². The summed E-state index contributed by atoms with van der Waals surface area (Å²) >= 11 is 3.68. The fourth-order valence-electron chi connectivity index (χ4n) is 3.22. The number of amides is 1. The maximum atomic E-state index is 13.1. The van der Waals surface area contributed by atoms with Crippen LogP contribution in [0.2, 0.25) is 0 Å². The van der Waals surface area contributed by atoms with E-state index in [1.165, 1.54) is 4.90 Å². The Bertz CT molecular complexity index is 864. The molecule has 138 valence electrons. The highest BCUT2D eigenvalue weighted by Crippen LogP contribution is 2.42. The third kappa shape index (κ3) is 3.39. The molecule has 2 heterocycles. The Morgan fingerprint density at radius 1 is 1.11 bits per heavy atom. The Kier molecular flexibility index (Phi) is 5.25. The fourth-order valence-corrected chi connectivity index (χ4v) is 5.37. The number of fused-ring (bicyclic) bond motifs is 1. The van der Waals surface area contributed by atoms with Crippen LogP contribution in [0.1, 0.15) is 17.2 Å². The number of hydrogen-bond donors (Lipinski definition) is 1. The normalized spacial score (nSPS) is 21.7. The molecule has 1 saturated heterocycles. The number of thioether (sulfide) groups is 1. The van der Waals surface area contributed by atoms with E-state index in [9.17, 15) is 9.59 Å². The molecule has 0 aliphatic carbocycles. The number of carbonyl (C=O) groups excluding carboxylic acids is 2. The van der Waals surface area contributed by atoms with Crippen LogP contribution in [0.3, 0.4) is 0 Å². The lowest BCUT2D eigenvalue weighted by Crippen LogP contribution is -2.68. The van der Waals surface area contributed by atoms with Gasteiger partial charge in [-0.1, -0.05) is 60.7 Å². The number of nitrogens with two attached hydrogens (primary N) is 1. The fraction of sp³-hybridized carbons (Fsp3) is 0.200. The van der Waals surface area contributed by atoms with Gasteiger partial charge in [-0.25, -0.2) is 4.79 Å². The van der Waals surface area contributed by atoms with Gasteiger partial charge in [-0.2, -0.15) is 0 Å². The first-order valence-corrected chi connectivity index (χ1v) is 10.6. The Morgan fingerprint density at radius 3 is 2.22 bits per heavy atom. The maximum absolute atomic E-state index is 13.1. The zero-order chi connectivity index (χ0) is 19.0. The summed E-state index contributed by atoms with van der Waals surface area (Å²) in [5, 5.41) is -0.189. The Hall–Kier alpha value is -1.84. The van der Waals surface area contributed by atoms with Gasteiger partial charge in [0.1, 0.15) is 17.1 Å². The number of halogens is 1. The summed E-state index contributed by atoms with van der Waals surface area (Å²) in [7, 11) is 0. The summed E-state index contributed by atoms with van der Waals surface area (Å²) in [5.74, 6) is -0.0824. The van der Waals surface area contributed by atoms with Crippen LogP contribution >= 0.6 is 34.4 Å². The molecule has 0 radical (unpaired) electrons. The summed E-state index contributed by atoms with van der Waals surface area (Å²) in [5.41, 5.74) is 7.95. The summed E-state index contributed by atoms with van der Waals surface area (Å²) in [4.78, 5) is 26.8. The molecule has 1 fully saturated rings. The molecule has 2 N–H and O–H groups in total. The van der Waals surface area contributed by atoms with Crippen LogP contribution in [0.5, 0.6) is 0 Å². The molecule has 2 atom stereocenters. The molecule has 2 aliphatic rings. The van der Waals surface area contributed by atoms with Gasteiger partial charge in [0.25, 0.3) is 0 Å². The second kappa shape index (κ2) is 7.65. The van der Waals surface area contributed by atoms with Gasteiger partial charge in [0.05, 0.1) is 0 Å². The van der Waals surface area contributed by atoms with Crippen LogP contribution in [-0.2, 0) is 14.3 Å². The van der Waals surface area contributed by atoms with Crippen LogP contribution in [0.15, 0.2) is 69.9 Å². The van der Waals surface area contributed by atoms with E-state index in [0.29, 0.717) is 11.4 Å². The van der Waals surface area contributed by atoms with Gasteiger partial charge in [0, 0.05) is 9.33 Å². The smallest absolute Gasteiger partial charge is 0.356 e. The summed E-state index contributed by atoms with van der Waals surface area (Å²) in [6.07, 6.45) is -0.547. The molecular formula is C20H17IN2O3S. The lowest BCUT2D eigenvalue weighted by Gasteiger charge is -2.47. The van der Waals surface area contributed by atoms with E-state index in [4.69, 9.17) is 10.5 Å². The Morgan fingerprint density at radius 2 is 1.67 bits per heavy atom. The van der Waals surface area contributed by atoms with Crippen molar-refractivity contribution in [3.63, 3.8) is 0 Å². The molecule has 2 aromatic carbocycles. The van der Waals surface area contributed by atoms with Crippen molar-refractivity contribution in [3.05, 3.63) is 81.1 Å². The molecule has 1 amide bonds. The molecule has 0 aromatic heterocycles. The first kappa shape index (κ1) is 18.5. The molecule has 0 spiro atoms. The molecule has 0 bridgehead atoms. The van der Waals surface area contributed by atoms with E-state index in [2.05, 4.69) is 22.6 Å². The lowest BCUT2D eigenvalue weighted by atomic mass is 10.0. The third-order valence-electron chi connectivity index (χ3n) is 4.59. The highest BCUT2D eigenvalue weighted by atomic mass is 127. The minimum Gasteiger partial charge on any atom is -0.448 e. The summed E-state index contributed by atoms with van der Waals surface area (Å²) < 4.78 is 6.73. The topological polar surface area (TPSA) is 72.6 Å². The molecule has 0 saturated carbocycles. The zero-order valence-corrected chi connectivity index (χ0v) is 17.2. The van der Waals surface area contributed by atoms with E-state index in [-0.39, 0.29) is 11.3 Å². The molecule has 4 rings (SSSR count). The summed E-state index contributed by atoms with van der Waals surface area (Å²) in [6.45, 7) is 0. The molecule has 2 aromatic rings. The standard InChI is InChI=1S/C20H17IN2O3S/c21-14-11-27-19-15(22)18(24)23(19)16(14)20(25)26-17(12-7-3-1-4-8-12)13-9-5-2-6-10-13/h1-10,15,17,19H,11,22H2/t15-,19-/m1/s1. The van der Waals surface area contributed by atoms with Crippen LogP contribution in [0, 0.1) is 0 Å². The van der Waals surface area contributed by atoms with Crippen molar-refractivity contribution in [1.82, 2.24) is 4.90 Å². The number of nitrogens with zero attached hydrogens (tertiary/aromatic N) is 1. The first-order chi connectivity index (χ1) is 13.1. The van der Waals surface area contributed by atoms with Gasteiger partial charge in [-0.15, -0.1) is 11.8 Å². The predicted molar refractivity (Wildman–Crippen MR) is 113 cm³/mol. The highest BCUT2D eigenvalue weighted by Gasteiger charge is 2.52. The zero-order valence-electron chi connectivity index (χ0n) is 14.2. The highest BCUT2D eigenvalue weighted by molar-refractivity contribution is 14.1. The molecule has 2 aliphatic heterocycles. The van der Waals surface area contributed by atoms with Crippen molar-refractivity contribution in [2.75, 3.05) is 5.75 Å². The average molecular weight is 492 g/mol. The van der Waals surface area contributed by atoms with Crippen molar-refractivity contribution in [2.24, 2.45) is 5.73 Å². The monoisotopic (exact) mass is 492 g/mol. The Balaban J connectivity index is 1.65. The van der Waals surface area contributed by atoms with E-state index in [1.54, 1.807) is 11.8 Å². The Labute approximate surface area is 175 Å². The van der Waals surface area contributed by atoms with Gasteiger partial charge in [0.15, 0.2) is 6.10 Å². The quantitative estimate of drug-likeness (QED) is 0.403. The van der Waals surface area contributed by atoms with Crippen molar-refractivity contribution < 1.29 is 14.3 Å². The maximum Gasteiger partial charge on any atom is 0.356 e. The summed E-state index contributed by atoms with van der Waals surface area (Å²) in [6, 6.07) is 18.6. The molecule has 7 heteroatoms. The number of β-lactam (4-membered cyclic amide) rings is 1. The van der Waals surface area contributed by atoms with Crippen molar-refractivity contribution in [1.29, 1.82) is 0 Å². The molecular weight excluding hydrogens is 475 g/mol. The number of ether oxygens (including phenoxy) is 1. The van der Waals surface area contributed by atoms with Gasteiger partial charge in [0.2, 0.25) is 5.91 Å². The number of hydrogen-bond acceptors (Lipinski definition) is 5. The number of carbonyl (C=O) groups is 2. The minimum atomic E-state index is -0.554. The number of esters is 1. The molecule has 27 heavy (non-hydrogen) atoms. The van der Waals surface area contributed by atoms with E-state index < -0.39 is 18.1 Å². The van der Waals surface area contributed by atoms with Crippen molar-refractivity contribution in [3.8, 4) is 0 Å².